The summed E-state index contributed by atoms with van der Waals surface area (Å²) < 4.78 is 9.56. The van der Waals surface area contributed by atoms with Crippen molar-refractivity contribution in [3.05, 3.63) is 0 Å². The van der Waals surface area contributed by atoms with E-state index in [0.29, 0.717) is 0 Å². The fourth-order valence-corrected chi connectivity index (χ4v) is 6.41. The van der Waals surface area contributed by atoms with Crippen LogP contribution in [0.25, 0.3) is 0 Å². The van der Waals surface area contributed by atoms with Crippen molar-refractivity contribution < 1.29 is 19.1 Å². The third-order valence-corrected chi connectivity index (χ3v) is 7.00. The molecule has 8 heteroatoms. The quantitative estimate of drug-likeness (QED) is 0.549. The van der Waals surface area contributed by atoms with Gasteiger partial charge in [-0.1, -0.05) is 13.8 Å². The van der Waals surface area contributed by atoms with E-state index in [4.69, 9.17) is 9.47 Å². The number of ether oxygens (including phenoxy) is 2. The molecule has 0 bridgehead atoms. The number of thioether (sulfide) groups is 2. The number of carbonyl (C=O) groups is 2. The second-order valence-electron chi connectivity index (χ2n) is 4.90. The topological polar surface area (TPSA) is 59.1 Å². The molecule has 3 fully saturated rings. The Bertz CT molecular complexity index is 396. The fourth-order valence-electron chi connectivity index (χ4n) is 2.72. The minimum atomic E-state index is -1.19. The Labute approximate surface area is 126 Å². The average molecular weight is 318 g/mol. The number of hydrogen-bond donors (Lipinski definition) is 0. The standard InChI is InChI=1S/C12H18N2O4S2/c1-3-13-5-6-14(4-2)11-10(13)19-12(20-11)17-8(15)7-9(16)18-12/h10-11H,3-7H2,1-2H3. The zero-order valence-electron chi connectivity index (χ0n) is 11.5. The van der Waals surface area contributed by atoms with Crippen LogP contribution in [0.3, 0.4) is 0 Å². The molecule has 0 N–H and O–H groups in total. The Morgan fingerprint density at radius 1 is 1.05 bits per heavy atom. The van der Waals surface area contributed by atoms with Gasteiger partial charge in [-0.05, 0) is 36.6 Å². The van der Waals surface area contributed by atoms with Gasteiger partial charge < -0.3 is 9.47 Å². The molecular weight excluding hydrogens is 300 g/mol. The Hall–Kier alpha value is -0.440. The molecule has 0 aromatic rings. The molecule has 1 spiro atoms. The molecule has 0 aliphatic carbocycles. The smallest absolute Gasteiger partial charge is 0.361 e. The highest BCUT2D eigenvalue weighted by molar-refractivity contribution is 8.21. The van der Waals surface area contributed by atoms with Crippen LogP contribution >= 0.6 is 23.5 Å². The zero-order valence-corrected chi connectivity index (χ0v) is 13.2. The van der Waals surface area contributed by atoms with Crippen molar-refractivity contribution in [2.24, 2.45) is 0 Å². The van der Waals surface area contributed by atoms with E-state index in [0.717, 1.165) is 26.2 Å². The first-order chi connectivity index (χ1) is 9.57. The predicted molar refractivity (Wildman–Crippen MR) is 76.8 cm³/mol. The molecular formula is C12H18N2O4S2. The number of carbonyl (C=O) groups excluding carboxylic acids is 2. The van der Waals surface area contributed by atoms with Gasteiger partial charge in [0.25, 0.3) is 0 Å². The molecule has 0 amide bonds. The molecule has 0 saturated carbocycles. The number of esters is 2. The normalized spacial score (nSPS) is 33.9. The van der Waals surface area contributed by atoms with E-state index in [-0.39, 0.29) is 17.2 Å². The zero-order chi connectivity index (χ0) is 14.3. The van der Waals surface area contributed by atoms with Gasteiger partial charge in [-0.3, -0.25) is 19.4 Å². The molecule has 0 radical (unpaired) electrons. The van der Waals surface area contributed by atoms with E-state index < -0.39 is 16.4 Å². The van der Waals surface area contributed by atoms with Crippen LogP contribution in [0.2, 0.25) is 0 Å². The Balaban J connectivity index is 1.84. The molecule has 3 saturated heterocycles. The molecule has 3 rings (SSSR count). The van der Waals surface area contributed by atoms with Crippen LogP contribution in [0.15, 0.2) is 0 Å². The molecule has 20 heavy (non-hydrogen) atoms. The van der Waals surface area contributed by atoms with Crippen molar-refractivity contribution in [3.63, 3.8) is 0 Å². The molecule has 6 nitrogen and oxygen atoms in total. The summed E-state index contributed by atoms with van der Waals surface area (Å²) in [4.78, 5) is 27.8. The van der Waals surface area contributed by atoms with Crippen LogP contribution in [0.4, 0.5) is 0 Å². The first-order valence-electron chi connectivity index (χ1n) is 6.84. The Morgan fingerprint density at radius 2 is 1.50 bits per heavy atom. The molecule has 0 aromatic heterocycles. The summed E-state index contributed by atoms with van der Waals surface area (Å²) in [6, 6.07) is 0. The summed E-state index contributed by atoms with van der Waals surface area (Å²) in [5.74, 6) is -0.989. The van der Waals surface area contributed by atoms with Gasteiger partial charge in [-0.25, -0.2) is 0 Å². The lowest BCUT2D eigenvalue weighted by Gasteiger charge is -2.41. The first kappa shape index (κ1) is 14.5. The Kier molecular flexibility index (Phi) is 3.91. The van der Waals surface area contributed by atoms with Gasteiger partial charge >= 0.3 is 16.4 Å². The molecule has 2 atom stereocenters. The summed E-state index contributed by atoms with van der Waals surface area (Å²) in [7, 11) is 0. The van der Waals surface area contributed by atoms with Crippen LogP contribution in [-0.4, -0.2) is 63.1 Å². The third kappa shape index (κ3) is 2.43. The van der Waals surface area contributed by atoms with Crippen LogP contribution in [0.1, 0.15) is 20.3 Å². The lowest BCUT2D eigenvalue weighted by Crippen LogP contribution is -2.54. The Morgan fingerprint density at radius 3 is 1.90 bits per heavy atom. The number of likely N-dealkylation sites (N-methyl/N-ethyl adjacent to an activating group) is 2. The van der Waals surface area contributed by atoms with E-state index in [1.54, 1.807) is 0 Å². The maximum Gasteiger partial charge on any atom is 0.361 e. The highest BCUT2D eigenvalue weighted by atomic mass is 32.2. The van der Waals surface area contributed by atoms with Crippen molar-refractivity contribution in [2.75, 3.05) is 26.2 Å². The molecule has 0 aromatic carbocycles. The summed E-state index contributed by atoms with van der Waals surface area (Å²) in [5.41, 5.74) is 0. The minimum Gasteiger partial charge on any atom is -0.403 e. The maximum atomic E-state index is 11.6. The third-order valence-electron chi connectivity index (χ3n) is 3.75. The number of rotatable bonds is 2. The van der Waals surface area contributed by atoms with Gasteiger partial charge in [0, 0.05) is 13.1 Å². The van der Waals surface area contributed by atoms with Crippen molar-refractivity contribution in [1.82, 2.24) is 9.80 Å². The minimum absolute atomic E-state index is 0.178. The van der Waals surface area contributed by atoms with Crippen LogP contribution in [0, 0.1) is 0 Å². The molecule has 112 valence electrons. The molecule has 3 heterocycles. The maximum absolute atomic E-state index is 11.6. The number of piperazine rings is 1. The van der Waals surface area contributed by atoms with Crippen molar-refractivity contribution >= 4 is 35.5 Å². The van der Waals surface area contributed by atoms with Crippen molar-refractivity contribution in [1.29, 1.82) is 0 Å². The largest absolute Gasteiger partial charge is 0.403 e. The number of nitrogens with zero attached hydrogens (tertiary/aromatic N) is 2. The molecule has 3 aliphatic heterocycles. The van der Waals surface area contributed by atoms with E-state index in [1.165, 1.54) is 23.5 Å². The van der Waals surface area contributed by atoms with Crippen LogP contribution in [-0.2, 0) is 19.1 Å². The van der Waals surface area contributed by atoms with Gasteiger partial charge in [-0.2, -0.15) is 0 Å². The lowest BCUT2D eigenvalue weighted by molar-refractivity contribution is -0.193. The molecule has 2 unspecified atom stereocenters. The van der Waals surface area contributed by atoms with E-state index in [9.17, 15) is 9.59 Å². The van der Waals surface area contributed by atoms with Gasteiger partial charge in [0.1, 0.15) is 6.42 Å². The van der Waals surface area contributed by atoms with Gasteiger partial charge in [0.2, 0.25) is 0 Å². The number of hydrogen-bond acceptors (Lipinski definition) is 8. The fraction of sp³-hybridized carbons (Fsp3) is 0.833. The molecule has 3 aliphatic rings. The highest BCUT2D eigenvalue weighted by Gasteiger charge is 2.59. The summed E-state index contributed by atoms with van der Waals surface area (Å²) in [6.45, 7) is 8.07. The SMILES string of the molecule is CCN1CCN(CC)C2SC3(OC(=O)CC(=O)O3)SC21. The van der Waals surface area contributed by atoms with Crippen LogP contribution < -0.4 is 0 Å². The van der Waals surface area contributed by atoms with E-state index in [1.807, 2.05) is 0 Å². The van der Waals surface area contributed by atoms with Crippen molar-refractivity contribution in [3.8, 4) is 0 Å². The highest BCUT2D eigenvalue weighted by Crippen LogP contribution is 2.57. The lowest BCUT2D eigenvalue weighted by atomic mass is 10.3. The second-order valence-corrected chi connectivity index (χ2v) is 7.67. The first-order valence-corrected chi connectivity index (χ1v) is 8.60. The van der Waals surface area contributed by atoms with Gasteiger partial charge in [0.15, 0.2) is 0 Å². The van der Waals surface area contributed by atoms with E-state index >= 15 is 0 Å². The van der Waals surface area contributed by atoms with Crippen molar-refractivity contribution in [2.45, 2.75) is 35.5 Å². The monoisotopic (exact) mass is 318 g/mol. The summed E-state index contributed by atoms with van der Waals surface area (Å²) in [5, 5.41) is 0.356. The van der Waals surface area contributed by atoms with E-state index in [2.05, 4.69) is 23.6 Å². The van der Waals surface area contributed by atoms with Gasteiger partial charge in [-0.15, -0.1) is 0 Å². The summed E-state index contributed by atoms with van der Waals surface area (Å²) >= 11 is 2.88. The van der Waals surface area contributed by atoms with Gasteiger partial charge in [0.05, 0.1) is 10.7 Å². The van der Waals surface area contributed by atoms with Crippen LogP contribution in [0.5, 0.6) is 0 Å². The summed E-state index contributed by atoms with van der Waals surface area (Å²) in [6.07, 6.45) is -0.285. The second kappa shape index (κ2) is 5.40. The average Bonchev–Trinajstić information content (AvgIpc) is 2.73. The number of fused-ring (bicyclic) bond motifs is 1. The predicted octanol–water partition coefficient (Wildman–Crippen LogP) is 0.877.